The van der Waals surface area contributed by atoms with Crippen LogP contribution in [0.1, 0.15) is 38.5 Å². The van der Waals surface area contributed by atoms with Crippen molar-refractivity contribution in [3.63, 3.8) is 0 Å². The summed E-state index contributed by atoms with van der Waals surface area (Å²) in [4.78, 5) is 46.3. The molecule has 1 saturated heterocycles. The van der Waals surface area contributed by atoms with Crippen LogP contribution in [0, 0.1) is 0 Å². The minimum atomic E-state index is -1.55. The Morgan fingerprint density at radius 3 is 1.55 bits per heavy atom. The lowest BCUT2D eigenvalue weighted by atomic mass is 9.99. The van der Waals surface area contributed by atoms with E-state index in [1.54, 1.807) is 0 Å². The van der Waals surface area contributed by atoms with Gasteiger partial charge in [-0.15, -0.1) is 0 Å². The quantitative estimate of drug-likeness (QED) is 0.0197. The van der Waals surface area contributed by atoms with Crippen LogP contribution in [0.4, 0.5) is 0 Å². The Labute approximate surface area is 256 Å². The summed E-state index contributed by atoms with van der Waals surface area (Å²) in [5.74, 6) is 3.68. The molecule has 4 amide bonds. The molecule has 0 radical (unpaired) electrons. The molecule has 44 heavy (non-hydrogen) atoms. The molecule has 0 aromatic rings. The fourth-order valence-corrected chi connectivity index (χ4v) is 3.71. The van der Waals surface area contributed by atoms with Crippen LogP contribution in [0.15, 0.2) is 0 Å². The lowest BCUT2D eigenvalue weighted by molar-refractivity contribution is -0.300. The molecule has 0 aliphatic carbocycles. The van der Waals surface area contributed by atoms with Gasteiger partial charge in [-0.2, -0.15) is 0 Å². The number of hydrogen-bond donors (Lipinski definition) is 9. The first kappa shape index (κ1) is 39.5. The number of hydrazine groups is 1. The van der Waals surface area contributed by atoms with Crippen LogP contribution in [-0.2, 0) is 42.9 Å². The van der Waals surface area contributed by atoms with Gasteiger partial charge in [0.25, 0.3) is 0 Å². The fraction of sp³-hybridized carbons (Fsp3) is 0.846. The molecule has 0 aromatic heterocycles. The average molecular weight is 640 g/mol. The highest BCUT2D eigenvalue weighted by molar-refractivity contribution is 5.84. The molecular weight excluding hydrogens is 590 g/mol. The smallest absolute Gasteiger partial charge is 0.234 e. The van der Waals surface area contributed by atoms with Crippen LogP contribution in [0.25, 0.3) is 0 Å². The third kappa shape index (κ3) is 18.3. The van der Waals surface area contributed by atoms with Gasteiger partial charge in [0, 0.05) is 58.5 Å². The molecule has 10 N–H and O–H groups in total. The van der Waals surface area contributed by atoms with Crippen molar-refractivity contribution >= 4 is 23.6 Å². The lowest BCUT2D eigenvalue weighted by Gasteiger charge is -2.39. The number of nitrogens with two attached hydrogens (primary N) is 1. The predicted octanol–water partition coefficient (Wildman–Crippen LogP) is -4.47. The maximum absolute atomic E-state index is 11.9. The van der Waals surface area contributed by atoms with Gasteiger partial charge >= 0.3 is 0 Å². The average Bonchev–Trinajstić information content (AvgIpc) is 3.02. The number of nitrogens with one attached hydrogen (secondary N) is 4. The summed E-state index contributed by atoms with van der Waals surface area (Å²) in [6, 6.07) is 0. The van der Waals surface area contributed by atoms with E-state index in [1.165, 1.54) is 0 Å². The van der Waals surface area contributed by atoms with Gasteiger partial charge in [0.15, 0.2) is 6.29 Å². The van der Waals surface area contributed by atoms with E-state index in [4.69, 9.17) is 34.6 Å². The zero-order valence-corrected chi connectivity index (χ0v) is 24.9. The van der Waals surface area contributed by atoms with Crippen molar-refractivity contribution in [2.45, 2.75) is 69.2 Å². The predicted molar refractivity (Wildman–Crippen MR) is 151 cm³/mol. The van der Waals surface area contributed by atoms with Gasteiger partial charge < -0.3 is 60.1 Å². The minimum Gasteiger partial charge on any atom is -0.394 e. The Morgan fingerprint density at radius 1 is 0.614 bits per heavy atom. The van der Waals surface area contributed by atoms with E-state index < -0.39 is 43.2 Å². The normalized spacial score (nSPS) is 21.4. The van der Waals surface area contributed by atoms with E-state index in [0.717, 1.165) is 0 Å². The SMILES string of the molecule is NNC(=O)CCC(=O)NCCCOCCOCCOCCCNC(=O)CCC(=O)NCCO[C@@H]1O[C@H](CO)[C@H](O)[C@H](O)[C@H]1O. The highest BCUT2D eigenvalue weighted by Gasteiger charge is 2.43. The molecule has 0 unspecified atom stereocenters. The highest BCUT2D eigenvalue weighted by atomic mass is 16.7. The third-order valence-electron chi connectivity index (χ3n) is 6.19. The van der Waals surface area contributed by atoms with Crippen molar-refractivity contribution in [2.75, 3.05) is 72.5 Å². The van der Waals surface area contributed by atoms with Gasteiger partial charge in [0.05, 0.1) is 39.6 Å². The van der Waals surface area contributed by atoms with Crippen molar-refractivity contribution in [1.29, 1.82) is 0 Å². The van der Waals surface area contributed by atoms with Crippen molar-refractivity contribution in [2.24, 2.45) is 5.84 Å². The molecular formula is C26H49N5O13. The molecule has 1 aliphatic heterocycles. The topological polar surface area (TPSA) is 269 Å². The molecule has 0 saturated carbocycles. The first-order chi connectivity index (χ1) is 21.2. The number of ether oxygens (including phenoxy) is 5. The number of aliphatic hydroxyl groups excluding tert-OH is 4. The van der Waals surface area contributed by atoms with Gasteiger partial charge in [-0.25, -0.2) is 5.84 Å². The van der Waals surface area contributed by atoms with Gasteiger partial charge in [-0.05, 0) is 12.8 Å². The van der Waals surface area contributed by atoms with Crippen molar-refractivity contribution < 1.29 is 63.3 Å². The Morgan fingerprint density at radius 2 is 1.07 bits per heavy atom. The number of aliphatic hydroxyl groups is 4. The second-order valence-corrected chi connectivity index (χ2v) is 9.73. The third-order valence-corrected chi connectivity index (χ3v) is 6.19. The second-order valence-electron chi connectivity index (χ2n) is 9.73. The van der Waals surface area contributed by atoms with Crippen molar-refractivity contribution in [1.82, 2.24) is 21.4 Å². The van der Waals surface area contributed by atoms with Crippen LogP contribution in [0.5, 0.6) is 0 Å². The summed E-state index contributed by atoms with van der Waals surface area (Å²) in [6.07, 6.45) is -5.59. The van der Waals surface area contributed by atoms with Gasteiger partial charge in [-0.1, -0.05) is 0 Å². The molecule has 0 aromatic carbocycles. The monoisotopic (exact) mass is 639 g/mol. The Bertz CT molecular complexity index is 823. The number of carbonyl (C=O) groups excluding carboxylic acids is 4. The molecule has 1 aliphatic rings. The standard InChI is InChI=1S/C26H49N5O13/c27-31-22(36)6-5-20(34)29-8-2-11-41-14-16-42-15-13-40-10-1-7-28-19(33)3-4-21(35)30-9-12-43-26-25(39)24(38)23(37)18(17-32)44-26/h18,23-26,32,37-39H,1-17,27H2,(H,28,33)(H,29,34)(H,30,35)(H,31,36)/t18-,23+,24+,25-,26-/m1/s1. The Hall–Kier alpha value is -2.52. The first-order valence-electron chi connectivity index (χ1n) is 14.6. The van der Waals surface area contributed by atoms with E-state index in [-0.39, 0.29) is 56.6 Å². The molecule has 18 heteroatoms. The van der Waals surface area contributed by atoms with Gasteiger partial charge in [0.1, 0.15) is 24.4 Å². The van der Waals surface area contributed by atoms with Crippen molar-refractivity contribution in [3.8, 4) is 0 Å². The molecule has 5 atom stereocenters. The Balaban J connectivity index is 1.88. The molecule has 0 spiro atoms. The van der Waals surface area contributed by atoms with Crippen molar-refractivity contribution in [3.05, 3.63) is 0 Å². The van der Waals surface area contributed by atoms with Gasteiger partial charge in [-0.3, -0.25) is 24.6 Å². The maximum Gasteiger partial charge on any atom is 0.234 e. The van der Waals surface area contributed by atoms with E-state index >= 15 is 0 Å². The maximum atomic E-state index is 11.9. The molecule has 256 valence electrons. The molecule has 1 heterocycles. The van der Waals surface area contributed by atoms with E-state index in [9.17, 15) is 34.5 Å². The highest BCUT2D eigenvalue weighted by Crippen LogP contribution is 2.21. The number of carbonyl (C=O) groups is 4. The lowest BCUT2D eigenvalue weighted by Crippen LogP contribution is -2.59. The largest absolute Gasteiger partial charge is 0.394 e. The van der Waals surface area contributed by atoms with E-state index in [0.29, 0.717) is 65.6 Å². The van der Waals surface area contributed by atoms with Crippen LogP contribution in [0.2, 0.25) is 0 Å². The van der Waals surface area contributed by atoms with Crippen LogP contribution in [-0.4, -0.2) is 147 Å². The fourth-order valence-electron chi connectivity index (χ4n) is 3.71. The summed E-state index contributed by atoms with van der Waals surface area (Å²) in [6.45, 7) is 2.75. The molecule has 1 fully saturated rings. The molecule has 0 bridgehead atoms. The number of hydrogen-bond acceptors (Lipinski definition) is 14. The van der Waals surface area contributed by atoms with E-state index in [2.05, 4.69) is 16.0 Å². The molecule has 18 nitrogen and oxygen atoms in total. The van der Waals surface area contributed by atoms with Crippen LogP contribution >= 0.6 is 0 Å². The molecule has 1 rings (SSSR count). The number of amides is 4. The van der Waals surface area contributed by atoms with Crippen LogP contribution in [0.3, 0.4) is 0 Å². The zero-order valence-electron chi connectivity index (χ0n) is 24.9. The zero-order chi connectivity index (χ0) is 32.6. The van der Waals surface area contributed by atoms with Crippen LogP contribution < -0.4 is 27.2 Å². The minimum absolute atomic E-state index is 0.000123. The second kappa shape index (κ2) is 24.8. The number of rotatable bonds is 25. The summed E-state index contributed by atoms with van der Waals surface area (Å²) in [7, 11) is 0. The first-order valence-corrected chi connectivity index (χ1v) is 14.6. The summed E-state index contributed by atoms with van der Waals surface area (Å²) < 4.78 is 26.7. The van der Waals surface area contributed by atoms with Gasteiger partial charge in [0.2, 0.25) is 23.6 Å². The summed E-state index contributed by atoms with van der Waals surface area (Å²) in [5, 5.41) is 46.5. The van der Waals surface area contributed by atoms with E-state index in [1.807, 2.05) is 5.43 Å². The Kier molecular flexibility index (Phi) is 22.2. The summed E-state index contributed by atoms with van der Waals surface area (Å²) in [5.41, 5.74) is 1.96. The summed E-state index contributed by atoms with van der Waals surface area (Å²) >= 11 is 0.